The average Bonchev–Trinajstić information content (AvgIpc) is 2.70. The van der Waals surface area contributed by atoms with Crippen LogP contribution in [0.1, 0.15) is 21.7 Å². The second kappa shape index (κ2) is 4.34. The lowest BCUT2D eigenvalue weighted by molar-refractivity contribution is 0.0697. The van der Waals surface area contributed by atoms with Gasteiger partial charge in [-0.3, -0.25) is 0 Å². The Bertz CT molecular complexity index is 563. The molecule has 0 saturated carbocycles. The molecule has 6 heteroatoms. The number of carboxylic acids is 1. The normalized spacial score (nSPS) is 10.5. The molecule has 0 atom stereocenters. The minimum absolute atomic E-state index is 0.183. The van der Waals surface area contributed by atoms with Crippen LogP contribution < -0.4 is 0 Å². The Morgan fingerprint density at radius 2 is 2.24 bits per heavy atom. The summed E-state index contributed by atoms with van der Waals surface area (Å²) in [6.07, 6.45) is 0. The Morgan fingerprint density at radius 1 is 1.47 bits per heavy atom. The van der Waals surface area contributed by atoms with Gasteiger partial charge in [0.1, 0.15) is 5.69 Å². The van der Waals surface area contributed by atoms with Crippen LogP contribution in [0.2, 0.25) is 0 Å². The standard InChI is InChI=1S/C11H11N3O3/c1-7-10(6-15)12-13-14(7)9-4-2-3-8(5-9)11(16)17/h2-5,15H,6H2,1H3,(H,16,17). The van der Waals surface area contributed by atoms with Gasteiger partial charge in [0.25, 0.3) is 0 Å². The van der Waals surface area contributed by atoms with Crippen molar-refractivity contribution in [3.63, 3.8) is 0 Å². The second-order valence-electron chi connectivity index (χ2n) is 3.55. The molecule has 0 spiro atoms. The number of hydrogen-bond donors (Lipinski definition) is 2. The summed E-state index contributed by atoms with van der Waals surface area (Å²) in [5, 5.41) is 25.6. The van der Waals surface area contributed by atoms with Crippen molar-refractivity contribution in [2.45, 2.75) is 13.5 Å². The maximum atomic E-state index is 10.8. The SMILES string of the molecule is Cc1c(CO)nnn1-c1cccc(C(=O)O)c1. The highest BCUT2D eigenvalue weighted by atomic mass is 16.4. The monoisotopic (exact) mass is 233 g/mol. The van der Waals surface area contributed by atoms with Gasteiger partial charge in [0, 0.05) is 0 Å². The van der Waals surface area contributed by atoms with Gasteiger partial charge in [-0.25, -0.2) is 9.48 Å². The first-order chi connectivity index (χ1) is 8.13. The Balaban J connectivity index is 2.49. The molecule has 0 radical (unpaired) electrons. The number of rotatable bonds is 3. The van der Waals surface area contributed by atoms with E-state index in [0.717, 1.165) is 0 Å². The Morgan fingerprint density at radius 3 is 2.82 bits per heavy atom. The van der Waals surface area contributed by atoms with Gasteiger partial charge < -0.3 is 10.2 Å². The van der Waals surface area contributed by atoms with Crippen molar-refractivity contribution in [1.82, 2.24) is 15.0 Å². The van der Waals surface area contributed by atoms with E-state index in [1.165, 1.54) is 16.8 Å². The molecule has 0 amide bonds. The smallest absolute Gasteiger partial charge is 0.335 e. The fourth-order valence-corrected chi connectivity index (χ4v) is 1.52. The molecule has 1 aromatic heterocycles. The molecular formula is C11H11N3O3. The van der Waals surface area contributed by atoms with Gasteiger partial charge in [-0.05, 0) is 25.1 Å². The molecule has 0 bridgehead atoms. The molecule has 0 unspecified atom stereocenters. The van der Waals surface area contributed by atoms with Crippen LogP contribution in [0.3, 0.4) is 0 Å². The van der Waals surface area contributed by atoms with Crippen molar-refractivity contribution >= 4 is 5.97 Å². The quantitative estimate of drug-likeness (QED) is 0.817. The highest BCUT2D eigenvalue weighted by molar-refractivity contribution is 5.88. The van der Waals surface area contributed by atoms with E-state index in [1.54, 1.807) is 19.1 Å². The average molecular weight is 233 g/mol. The van der Waals surface area contributed by atoms with Crippen molar-refractivity contribution in [2.24, 2.45) is 0 Å². The number of aromatic carboxylic acids is 1. The predicted octanol–water partition coefficient (Wildman–Crippen LogP) is 0.766. The molecule has 17 heavy (non-hydrogen) atoms. The minimum atomic E-state index is -0.994. The van der Waals surface area contributed by atoms with Crippen LogP contribution in [0, 0.1) is 6.92 Å². The lowest BCUT2D eigenvalue weighted by atomic mass is 10.2. The van der Waals surface area contributed by atoms with Gasteiger partial charge in [0.2, 0.25) is 0 Å². The van der Waals surface area contributed by atoms with E-state index in [1.807, 2.05) is 0 Å². The Labute approximate surface area is 97.1 Å². The summed E-state index contributed by atoms with van der Waals surface area (Å²) in [7, 11) is 0. The predicted molar refractivity (Wildman–Crippen MR) is 59.0 cm³/mol. The van der Waals surface area contributed by atoms with Crippen molar-refractivity contribution < 1.29 is 15.0 Å². The van der Waals surface area contributed by atoms with Crippen LogP contribution in [-0.4, -0.2) is 31.2 Å². The number of benzene rings is 1. The van der Waals surface area contributed by atoms with Gasteiger partial charge >= 0.3 is 5.97 Å². The van der Waals surface area contributed by atoms with Crippen LogP contribution in [0.15, 0.2) is 24.3 Å². The number of aliphatic hydroxyl groups is 1. The third-order valence-electron chi connectivity index (χ3n) is 2.48. The molecule has 6 nitrogen and oxygen atoms in total. The summed E-state index contributed by atoms with van der Waals surface area (Å²) in [4.78, 5) is 10.8. The molecule has 0 aliphatic carbocycles. The molecule has 0 aliphatic heterocycles. The third kappa shape index (κ3) is 2.02. The van der Waals surface area contributed by atoms with Crippen LogP contribution in [0.4, 0.5) is 0 Å². The zero-order valence-electron chi connectivity index (χ0n) is 9.16. The van der Waals surface area contributed by atoms with E-state index < -0.39 is 5.97 Å². The molecule has 2 N–H and O–H groups in total. The summed E-state index contributed by atoms with van der Waals surface area (Å²) >= 11 is 0. The van der Waals surface area contributed by atoms with E-state index in [-0.39, 0.29) is 12.2 Å². The van der Waals surface area contributed by atoms with Gasteiger partial charge in [-0.2, -0.15) is 0 Å². The summed E-state index contributed by atoms with van der Waals surface area (Å²) < 4.78 is 1.50. The van der Waals surface area contributed by atoms with Crippen LogP contribution in [0.25, 0.3) is 5.69 Å². The maximum Gasteiger partial charge on any atom is 0.335 e. The second-order valence-corrected chi connectivity index (χ2v) is 3.55. The topological polar surface area (TPSA) is 88.2 Å². The van der Waals surface area contributed by atoms with Gasteiger partial charge in [-0.1, -0.05) is 11.3 Å². The minimum Gasteiger partial charge on any atom is -0.478 e. The van der Waals surface area contributed by atoms with Crippen molar-refractivity contribution in [2.75, 3.05) is 0 Å². The zero-order chi connectivity index (χ0) is 12.4. The fraction of sp³-hybridized carbons (Fsp3) is 0.182. The number of aromatic nitrogens is 3. The molecule has 2 rings (SSSR count). The lowest BCUT2D eigenvalue weighted by Gasteiger charge is -2.04. The van der Waals surface area contributed by atoms with Crippen molar-refractivity contribution in [3.05, 3.63) is 41.2 Å². The van der Waals surface area contributed by atoms with Crippen LogP contribution >= 0.6 is 0 Å². The van der Waals surface area contributed by atoms with E-state index in [0.29, 0.717) is 17.1 Å². The van der Waals surface area contributed by atoms with Gasteiger partial charge in [0.15, 0.2) is 0 Å². The van der Waals surface area contributed by atoms with Crippen LogP contribution in [-0.2, 0) is 6.61 Å². The summed E-state index contributed by atoms with van der Waals surface area (Å²) in [5.74, 6) is -0.994. The highest BCUT2D eigenvalue weighted by Gasteiger charge is 2.10. The molecule has 2 aromatic rings. The maximum absolute atomic E-state index is 10.8. The van der Waals surface area contributed by atoms with Crippen LogP contribution in [0.5, 0.6) is 0 Å². The van der Waals surface area contributed by atoms with E-state index in [9.17, 15) is 4.79 Å². The number of aliphatic hydroxyl groups excluding tert-OH is 1. The summed E-state index contributed by atoms with van der Waals surface area (Å²) in [6.45, 7) is 1.57. The summed E-state index contributed by atoms with van der Waals surface area (Å²) in [6, 6.07) is 6.38. The van der Waals surface area contributed by atoms with Gasteiger partial charge in [0.05, 0.1) is 23.6 Å². The third-order valence-corrected chi connectivity index (χ3v) is 2.48. The number of carbonyl (C=O) groups is 1. The Hall–Kier alpha value is -2.21. The molecule has 1 aromatic carbocycles. The first kappa shape index (κ1) is 11.3. The number of hydrogen-bond acceptors (Lipinski definition) is 4. The first-order valence-corrected chi connectivity index (χ1v) is 4.99. The molecule has 0 fully saturated rings. The highest BCUT2D eigenvalue weighted by Crippen LogP contribution is 2.13. The van der Waals surface area contributed by atoms with Gasteiger partial charge in [-0.15, -0.1) is 5.10 Å². The molecular weight excluding hydrogens is 222 g/mol. The zero-order valence-corrected chi connectivity index (χ0v) is 9.16. The molecule has 0 aliphatic rings. The van der Waals surface area contributed by atoms with E-state index in [4.69, 9.17) is 10.2 Å². The van der Waals surface area contributed by atoms with Crippen molar-refractivity contribution in [3.8, 4) is 5.69 Å². The fourth-order valence-electron chi connectivity index (χ4n) is 1.52. The number of carboxylic acid groups (broad SMARTS) is 1. The molecule has 0 saturated heterocycles. The number of nitrogens with zero attached hydrogens (tertiary/aromatic N) is 3. The lowest BCUT2D eigenvalue weighted by Crippen LogP contribution is -2.03. The molecule has 88 valence electrons. The molecule has 1 heterocycles. The Kier molecular flexibility index (Phi) is 2.88. The van der Waals surface area contributed by atoms with Crippen molar-refractivity contribution in [1.29, 1.82) is 0 Å². The van der Waals surface area contributed by atoms with E-state index >= 15 is 0 Å². The van der Waals surface area contributed by atoms with E-state index in [2.05, 4.69) is 10.3 Å². The largest absolute Gasteiger partial charge is 0.478 e. The first-order valence-electron chi connectivity index (χ1n) is 4.99. The summed E-state index contributed by atoms with van der Waals surface area (Å²) in [5.41, 5.74) is 1.96.